The van der Waals surface area contributed by atoms with E-state index in [4.69, 9.17) is 4.74 Å². The molecular formula is C27H29BrFN3O5S. The molecule has 3 aromatic rings. The van der Waals surface area contributed by atoms with Gasteiger partial charge in [0.15, 0.2) is 0 Å². The van der Waals surface area contributed by atoms with Gasteiger partial charge in [0.2, 0.25) is 11.8 Å². The molecular weight excluding hydrogens is 577 g/mol. The summed E-state index contributed by atoms with van der Waals surface area (Å²) in [6, 6.07) is 16.9. The third kappa shape index (κ3) is 7.11. The van der Waals surface area contributed by atoms with Gasteiger partial charge in [-0.2, -0.15) is 0 Å². The molecule has 202 valence electrons. The zero-order valence-electron chi connectivity index (χ0n) is 21.2. The summed E-state index contributed by atoms with van der Waals surface area (Å²) in [4.78, 5) is 27.7. The Hall–Kier alpha value is -3.44. The highest BCUT2D eigenvalue weighted by atomic mass is 79.9. The number of carbonyl (C=O) groups excluding carboxylic acids is 2. The monoisotopic (exact) mass is 605 g/mol. The molecule has 2 amide bonds. The molecule has 0 spiro atoms. The standard InChI is InChI=1S/C27H29BrFN3O5S/c1-4-30-27(34)19(2)31(17-20-5-7-21(28)8-6-20)26(33)18-32(23-11-9-22(29)10-12-23)38(35,36)25-15-13-24(37-3)14-16-25/h5-16,19H,4,17-18H2,1-3H3,(H,30,34)/t19-/m0/s1. The first-order chi connectivity index (χ1) is 18.1. The van der Waals surface area contributed by atoms with Crippen LogP contribution < -0.4 is 14.4 Å². The van der Waals surface area contributed by atoms with Crippen LogP contribution in [-0.4, -0.2) is 51.4 Å². The minimum atomic E-state index is -4.25. The van der Waals surface area contributed by atoms with Gasteiger partial charge in [-0.25, -0.2) is 12.8 Å². The predicted octanol–water partition coefficient (Wildman–Crippen LogP) is 4.35. The minimum Gasteiger partial charge on any atom is -0.497 e. The molecule has 1 atom stereocenters. The lowest BCUT2D eigenvalue weighted by atomic mass is 10.1. The Balaban J connectivity index is 2.01. The van der Waals surface area contributed by atoms with Crippen molar-refractivity contribution in [2.45, 2.75) is 31.3 Å². The van der Waals surface area contributed by atoms with Crippen molar-refractivity contribution in [3.8, 4) is 5.75 Å². The number of anilines is 1. The molecule has 0 bridgehead atoms. The summed E-state index contributed by atoms with van der Waals surface area (Å²) >= 11 is 3.38. The van der Waals surface area contributed by atoms with E-state index in [1.165, 1.54) is 48.4 Å². The maximum atomic E-state index is 13.7. The van der Waals surface area contributed by atoms with E-state index < -0.39 is 34.3 Å². The van der Waals surface area contributed by atoms with Crippen molar-refractivity contribution >= 4 is 43.5 Å². The molecule has 0 fully saturated rings. The summed E-state index contributed by atoms with van der Waals surface area (Å²) in [5.74, 6) is -1.06. The molecule has 0 radical (unpaired) electrons. The number of halogens is 2. The van der Waals surface area contributed by atoms with Crippen LogP contribution in [-0.2, 0) is 26.2 Å². The highest BCUT2D eigenvalue weighted by Crippen LogP contribution is 2.26. The zero-order chi connectivity index (χ0) is 27.9. The van der Waals surface area contributed by atoms with Gasteiger partial charge < -0.3 is 15.0 Å². The minimum absolute atomic E-state index is 0.0737. The maximum Gasteiger partial charge on any atom is 0.264 e. The fraction of sp³-hybridized carbons (Fsp3) is 0.259. The summed E-state index contributed by atoms with van der Waals surface area (Å²) in [6.45, 7) is 3.19. The van der Waals surface area contributed by atoms with E-state index in [0.29, 0.717) is 12.3 Å². The summed E-state index contributed by atoms with van der Waals surface area (Å²) in [5, 5.41) is 2.71. The number of carbonyl (C=O) groups is 2. The second-order valence-electron chi connectivity index (χ2n) is 8.38. The van der Waals surface area contributed by atoms with Crippen molar-refractivity contribution in [1.29, 1.82) is 0 Å². The smallest absolute Gasteiger partial charge is 0.264 e. The molecule has 38 heavy (non-hydrogen) atoms. The number of amides is 2. The Kier molecular flexibility index (Phi) is 9.87. The first kappa shape index (κ1) is 29.1. The van der Waals surface area contributed by atoms with Crippen LogP contribution >= 0.6 is 15.9 Å². The van der Waals surface area contributed by atoms with Gasteiger partial charge in [-0.15, -0.1) is 0 Å². The summed E-state index contributed by atoms with van der Waals surface area (Å²) < 4.78 is 48.0. The van der Waals surface area contributed by atoms with Crippen molar-refractivity contribution in [3.63, 3.8) is 0 Å². The van der Waals surface area contributed by atoms with Crippen molar-refractivity contribution in [2.24, 2.45) is 0 Å². The molecule has 0 saturated heterocycles. The maximum absolute atomic E-state index is 13.7. The lowest BCUT2D eigenvalue weighted by Gasteiger charge is -2.32. The van der Waals surface area contributed by atoms with Gasteiger partial charge in [0.25, 0.3) is 10.0 Å². The van der Waals surface area contributed by atoms with Gasteiger partial charge in [0.1, 0.15) is 24.2 Å². The number of ether oxygens (including phenoxy) is 1. The van der Waals surface area contributed by atoms with Gasteiger partial charge in [0.05, 0.1) is 17.7 Å². The van der Waals surface area contributed by atoms with Crippen molar-refractivity contribution < 1.29 is 27.1 Å². The van der Waals surface area contributed by atoms with Crippen LogP contribution in [0.25, 0.3) is 0 Å². The molecule has 0 aliphatic heterocycles. The highest BCUT2D eigenvalue weighted by Gasteiger charge is 2.32. The zero-order valence-corrected chi connectivity index (χ0v) is 23.6. The molecule has 0 aliphatic carbocycles. The van der Waals surface area contributed by atoms with E-state index in [9.17, 15) is 22.4 Å². The Morgan fingerprint density at radius 3 is 2.16 bits per heavy atom. The topological polar surface area (TPSA) is 96.0 Å². The van der Waals surface area contributed by atoms with Crippen LogP contribution in [0, 0.1) is 5.82 Å². The average Bonchev–Trinajstić information content (AvgIpc) is 2.91. The molecule has 3 aromatic carbocycles. The Labute approximate surface area is 230 Å². The van der Waals surface area contributed by atoms with Crippen LogP contribution in [0.15, 0.2) is 82.2 Å². The molecule has 0 aliphatic rings. The lowest BCUT2D eigenvalue weighted by molar-refractivity contribution is -0.139. The van der Waals surface area contributed by atoms with E-state index in [0.717, 1.165) is 26.5 Å². The second-order valence-corrected chi connectivity index (χ2v) is 11.2. The highest BCUT2D eigenvalue weighted by molar-refractivity contribution is 9.10. The predicted molar refractivity (Wildman–Crippen MR) is 147 cm³/mol. The van der Waals surface area contributed by atoms with E-state index in [1.807, 2.05) is 12.1 Å². The number of rotatable bonds is 11. The van der Waals surface area contributed by atoms with E-state index in [2.05, 4.69) is 21.2 Å². The first-order valence-corrected chi connectivity index (χ1v) is 14.0. The Morgan fingerprint density at radius 1 is 1.00 bits per heavy atom. The van der Waals surface area contributed by atoms with Crippen LogP contribution in [0.1, 0.15) is 19.4 Å². The van der Waals surface area contributed by atoms with Crippen molar-refractivity contribution in [3.05, 3.63) is 88.6 Å². The Morgan fingerprint density at radius 2 is 1.61 bits per heavy atom. The third-order valence-corrected chi connectivity index (χ3v) is 8.14. The summed E-state index contributed by atoms with van der Waals surface area (Å²) in [7, 11) is -2.79. The van der Waals surface area contributed by atoms with Gasteiger partial charge in [-0.05, 0) is 80.1 Å². The summed E-state index contributed by atoms with van der Waals surface area (Å²) in [5.41, 5.74) is 0.855. The first-order valence-electron chi connectivity index (χ1n) is 11.8. The largest absolute Gasteiger partial charge is 0.497 e. The molecule has 8 nitrogen and oxygen atoms in total. The number of nitrogens with zero attached hydrogens (tertiary/aromatic N) is 2. The second kappa shape index (κ2) is 12.9. The van der Waals surface area contributed by atoms with Crippen LogP contribution in [0.3, 0.4) is 0 Å². The number of methoxy groups -OCH3 is 1. The SMILES string of the molecule is CCNC(=O)[C@H](C)N(Cc1ccc(Br)cc1)C(=O)CN(c1ccc(F)cc1)S(=O)(=O)c1ccc(OC)cc1. The van der Waals surface area contributed by atoms with Gasteiger partial charge >= 0.3 is 0 Å². The Bertz CT molecular complexity index is 1350. The number of hydrogen-bond acceptors (Lipinski definition) is 5. The quantitative estimate of drug-likeness (QED) is 0.351. The summed E-state index contributed by atoms with van der Waals surface area (Å²) in [6.07, 6.45) is 0. The fourth-order valence-corrected chi connectivity index (χ4v) is 5.38. The van der Waals surface area contributed by atoms with Crippen molar-refractivity contribution in [1.82, 2.24) is 10.2 Å². The number of nitrogens with one attached hydrogen (secondary N) is 1. The number of benzene rings is 3. The average molecular weight is 607 g/mol. The number of likely N-dealkylation sites (N-methyl/N-ethyl adjacent to an activating group) is 1. The molecule has 0 aromatic heterocycles. The third-order valence-electron chi connectivity index (χ3n) is 5.83. The number of hydrogen-bond donors (Lipinski definition) is 1. The van der Waals surface area contributed by atoms with E-state index in [-0.39, 0.29) is 23.0 Å². The lowest BCUT2D eigenvalue weighted by Crippen LogP contribution is -2.51. The normalized spacial score (nSPS) is 11.9. The molecule has 0 saturated carbocycles. The van der Waals surface area contributed by atoms with Crippen molar-refractivity contribution in [2.75, 3.05) is 24.5 Å². The van der Waals surface area contributed by atoms with Gasteiger partial charge in [-0.3, -0.25) is 13.9 Å². The van der Waals surface area contributed by atoms with Gasteiger partial charge in [-0.1, -0.05) is 28.1 Å². The number of sulfonamides is 1. The van der Waals surface area contributed by atoms with Crippen LogP contribution in [0.4, 0.5) is 10.1 Å². The van der Waals surface area contributed by atoms with Gasteiger partial charge in [0, 0.05) is 17.6 Å². The molecule has 11 heteroatoms. The molecule has 0 heterocycles. The van der Waals surface area contributed by atoms with E-state index in [1.54, 1.807) is 26.0 Å². The molecule has 3 rings (SSSR count). The van der Waals surface area contributed by atoms with Crippen LogP contribution in [0.2, 0.25) is 0 Å². The van der Waals surface area contributed by atoms with Crippen LogP contribution in [0.5, 0.6) is 5.75 Å². The molecule has 1 N–H and O–H groups in total. The molecule has 0 unspecified atom stereocenters. The van der Waals surface area contributed by atoms with E-state index >= 15 is 0 Å². The fourth-order valence-electron chi connectivity index (χ4n) is 3.70.